The molecule has 0 aliphatic heterocycles. The highest BCUT2D eigenvalue weighted by Gasteiger charge is 2.14. The highest BCUT2D eigenvalue weighted by Crippen LogP contribution is 2.27. The molecular formula is C16H17BrN2O2. The molecule has 2 aromatic carbocycles. The molecule has 0 saturated carbocycles. The van der Waals surface area contributed by atoms with E-state index in [1.807, 2.05) is 30.3 Å². The lowest BCUT2D eigenvalue weighted by Gasteiger charge is -2.13. The van der Waals surface area contributed by atoms with E-state index >= 15 is 0 Å². The number of rotatable bonds is 5. The van der Waals surface area contributed by atoms with Crippen LogP contribution in [0.15, 0.2) is 53.0 Å². The number of methoxy groups -OCH3 is 1. The highest BCUT2D eigenvalue weighted by molar-refractivity contribution is 9.10. The zero-order valence-corrected chi connectivity index (χ0v) is 13.3. The van der Waals surface area contributed by atoms with Crippen molar-refractivity contribution in [1.29, 1.82) is 0 Å². The number of amides is 1. The standard InChI is InChI=1S/C16H17BrN2O2/c1-21-15-8-7-12(10-13(15)17)19-16(20)14(18)9-11-5-3-2-4-6-11/h2-8,10,14H,9,18H2,1H3,(H,19,20)/t14-/m1/s1. The molecule has 0 aliphatic rings. The molecule has 0 heterocycles. The van der Waals surface area contributed by atoms with Crippen LogP contribution in [0.1, 0.15) is 5.56 Å². The van der Waals surface area contributed by atoms with E-state index < -0.39 is 6.04 Å². The number of hydrogen-bond donors (Lipinski definition) is 2. The third-order valence-corrected chi connectivity index (χ3v) is 3.67. The molecule has 4 nitrogen and oxygen atoms in total. The lowest BCUT2D eigenvalue weighted by Crippen LogP contribution is -2.37. The number of anilines is 1. The normalized spacial score (nSPS) is 11.8. The van der Waals surface area contributed by atoms with Gasteiger partial charge in [0, 0.05) is 5.69 Å². The second-order valence-corrected chi connectivity index (χ2v) is 5.49. The van der Waals surface area contributed by atoms with Crippen molar-refractivity contribution in [3.8, 4) is 5.75 Å². The monoisotopic (exact) mass is 348 g/mol. The first-order valence-electron chi connectivity index (χ1n) is 6.54. The van der Waals surface area contributed by atoms with Crippen LogP contribution in [-0.2, 0) is 11.2 Å². The Balaban J connectivity index is 1.99. The Morgan fingerprint density at radius 1 is 1.29 bits per heavy atom. The minimum absolute atomic E-state index is 0.212. The maximum absolute atomic E-state index is 12.1. The third-order valence-electron chi connectivity index (χ3n) is 3.05. The zero-order chi connectivity index (χ0) is 15.2. The number of nitrogens with two attached hydrogens (primary N) is 1. The molecule has 1 amide bonds. The summed E-state index contributed by atoms with van der Waals surface area (Å²) in [6, 6.07) is 14.5. The van der Waals surface area contributed by atoms with Gasteiger partial charge in [0.1, 0.15) is 5.75 Å². The van der Waals surface area contributed by atoms with Crippen LogP contribution < -0.4 is 15.8 Å². The summed E-state index contributed by atoms with van der Waals surface area (Å²) in [6.07, 6.45) is 0.504. The summed E-state index contributed by atoms with van der Waals surface area (Å²) in [5.74, 6) is 0.498. The van der Waals surface area contributed by atoms with Crippen molar-refractivity contribution in [2.24, 2.45) is 5.73 Å². The molecular weight excluding hydrogens is 332 g/mol. The molecule has 0 aliphatic carbocycles. The number of carbonyl (C=O) groups excluding carboxylic acids is 1. The molecule has 0 radical (unpaired) electrons. The van der Waals surface area contributed by atoms with E-state index in [9.17, 15) is 4.79 Å². The van der Waals surface area contributed by atoms with Gasteiger partial charge in [0.25, 0.3) is 0 Å². The molecule has 0 aromatic heterocycles. The van der Waals surface area contributed by atoms with Gasteiger partial charge in [-0.25, -0.2) is 0 Å². The average molecular weight is 349 g/mol. The molecule has 21 heavy (non-hydrogen) atoms. The molecule has 0 spiro atoms. The van der Waals surface area contributed by atoms with Gasteiger partial charge in [-0.1, -0.05) is 30.3 Å². The Kier molecular flexibility index (Phi) is 5.36. The Morgan fingerprint density at radius 2 is 2.00 bits per heavy atom. The fourth-order valence-corrected chi connectivity index (χ4v) is 2.48. The van der Waals surface area contributed by atoms with Crippen molar-refractivity contribution in [3.05, 3.63) is 58.6 Å². The van der Waals surface area contributed by atoms with E-state index in [0.717, 1.165) is 10.0 Å². The quantitative estimate of drug-likeness (QED) is 0.872. The Morgan fingerprint density at radius 3 is 2.62 bits per heavy atom. The molecule has 0 saturated heterocycles. The molecule has 0 fully saturated rings. The molecule has 5 heteroatoms. The van der Waals surface area contributed by atoms with E-state index in [2.05, 4.69) is 21.2 Å². The van der Waals surface area contributed by atoms with Crippen LogP contribution in [0.5, 0.6) is 5.75 Å². The lowest BCUT2D eigenvalue weighted by atomic mass is 10.1. The Labute approximate surface area is 132 Å². The summed E-state index contributed by atoms with van der Waals surface area (Å²) < 4.78 is 5.92. The number of benzene rings is 2. The second kappa shape index (κ2) is 7.24. The largest absolute Gasteiger partial charge is 0.496 e. The number of nitrogens with one attached hydrogen (secondary N) is 1. The van der Waals surface area contributed by atoms with Crippen LogP contribution >= 0.6 is 15.9 Å². The minimum Gasteiger partial charge on any atom is -0.496 e. The van der Waals surface area contributed by atoms with Crippen LogP contribution in [0, 0.1) is 0 Å². The highest BCUT2D eigenvalue weighted by atomic mass is 79.9. The predicted molar refractivity (Wildman–Crippen MR) is 87.4 cm³/mol. The van der Waals surface area contributed by atoms with Crippen molar-refractivity contribution in [3.63, 3.8) is 0 Å². The summed E-state index contributed by atoms with van der Waals surface area (Å²) >= 11 is 3.38. The molecule has 2 rings (SSSR count). The van der Waals surface area contributed by atoms with Crippen LogP contribution in [0.4, 0.5) is 5.69 Å². The van der Waals surface area contributed by atoms with E-state index in [-0.39, 0.29) is 5.91 Å². The van der Waals surface area contributed by atoms with Crippen molar-refractivity contribution < 1.29 is 9.53 Å². The molecule has 2 aromatic rings. The fourth-order valence-electron chi connectivity index (χ4n) is 1.94. The van der Waals surface area contributed by atoms with E-state index in [0.29, 0.717) is 17.9 Å². The third kappa shape index (κ3) is 4.31. The van der Waals surface area contributed by atoms with E-state index in [1.54, 1.807) is 25.3 Å². The number of carbonyl (C=O) groups is 1. The van der Waals surface area contributed by atoms with Crippen molar-refractivity contribution in [2.75, 3.05) is 12.4 Å². The Bertz CT molecular complexity index is 617. The molecule has 0 bridgehead atoms. The minimum atomic E-state index is -0.590. The van der Waals surface area contributed by atoms with E-state index in [1.165, 1.54) is 0 Å². The first-order valence-corrected chi connectivity index (χ1v) is 7.33. The van der Waals surface area contributed by atoms with Crippen molar-refractivity contribution >= 4 is 27.5 Å². The van der Waals surface area contributed by atoms with Gasteiger partial charge in [0.2, 0.25) is 5.91 Å². The van der Waals surface area contributed by atoms with Gasteiger partial charge in [0.15, 0.2) is 0 Å². The lowest BCUT2D eigenvalue weighted by molar-refractivity contribution is -0.117. The number of ether oxygens (including phenoxy) is 1. The van der Waals surface area contributed by atoms with Gasteiger partial charge in [-0.2, -0.15) is 0 Å². The summed E-state index contributed by atoms with van der Waals surface area (Å²) in [6.45, 7) is 0. The van der Waals surface area contributed by atoms with Crippen molar-refractivity contribution in [1.82, 2.24) is 0 Å². The second-order valence-electron chi connectivity index (χ2n) is 4.63. The van der Waals surface area contributed by atoms with Crippen LogP contribution in [0.2, 0.25) is 0 Å². The number of hydrogen-bond acceptors (Lipinski definition) is 3. The van der Waals surface area contributed by atoms with Crippen LogP contribution in [0.3, 0.4) is 0 Å². The molecule has 110 valence electrons. The maximum Gasteiger partial charge on any atom is 0.241 e. The summed E-state index contributed by atoms with van der Waals surface area (Å²) in [5.41, 5.74) is 7.66. The first kappa shape index (κ1) is 15.5. The topological polar surface area (TPSA) is 64.3 Å². The van der Waals surface area contributed by atoms with E-state index in [4.69, 9.17) is 10.5 Å². The summed E-state index contributed by atoms with van der Waals surface area (Å²) in [7, 11) is 1.59. The van der Waals surface area contributed by atoms with Crippen molar-refractivity contribution in [2.45, 2.75) is 12.5 Å². The van der Waals surface area contributed by atoms with Gasteiger partial charge in [0.05, 0.1) is 17.6 Å². The fraction of sp³-hybridized carbons (Fsp3) is 0.188. The molecule has 1 atom stereocenters. The maximum atomic E-state index is 12.1. The summed E-state index contributed by atoms with van der Waals surface area (Å²) in [5, 5.41) is 2.80. The van der Waals surface area contributed by atoms with Gasteiger partial charge >= 0.3 is 0 Å². The Hall–Kier alpha value is -1.85. The average Bonchev–Trinajstić information content (AvgIpc) is 2.48. The van der Waals surface area contributed by atoms with Crippen LogP contribution in [0.25, 0.3) is 0 Å². The molecule has 3 N–H and O–H groups in total. The van der Waals surface area contributed by atoms with Gasteiger partial charge in [-0.15, -0.1) is 0 Å². The SMILES string of the molecule is COc1ccc(NC(=O)[C@H](N)Cc2ccccc2)cc1Br. The smallest absolute Gasteiger partial charge is 0.241 e. The predicted octanol–water partition coefficient (Wildman–Crippen LogP) is 2.97. The van der Waals surface area contributed by atoms with Crippen LogP contribution in [-0.4, -0.2) is 19.1 Å². The number of halogens is 1. The zero-order valence-electron chi connectivity index (χ0n) is 11.7. The first-order chi connectivity index (χ1) is 10.1. The van der Waals surface area contributed by atoms with Gasteiger partial charge in [-0.05, 0) is 46.1 Å². The van der Waals surface area contributed by atoms with Gasteiger partial charge in [-0.3, -0.25) is 4.79 Å². The summed E-state index contributed by atoms with van der Waals surface area (Å²) in [4.78, 5) is 12.1. The molecule has 0 unspecified atom stereocenters. The van der Waals surface area contributed by atoms with Gasteiger partial charge < -0.3 is 15.8 Å².